The van der Waals surface area contributed by atoms with E-state index in [0.29, 0.717) is 6.04 Å². The van der Waals surface area contributed by atoms with Gasteiger partial charge in [-0.2, -0.15) is 0 Å². The van der Waals surface area contributed by atoms with Gasteiger partial charge in [0.15, 0.2) is 0 Å². The van der Waals surface area contributed by atoms with E-state index in [1.807, 2.05) is 0 Å². The SMILES string of the molecule is C=C[Si](CC)(CC)CC[Si](C)(OC(C)=O)OC(C)=O. The van der Waals surface area contributed by atoms with Crippen LogP contribution in [0.1, 0.15) is 27.7 Å². The molecule has 0 aliphatic carbocycles. The minimum atomic E-state index is -2.75. The third-order valence-electron chi connectivity index (χ3n) is 3.64. The summed E-state index contributed by atoms with van der Waals surface area (Å²) in [5.74, 6) is -0.761. The van der Waals surface area contributed by atoms with Crippen LogP contribution >= 0.6 is 0 Å². The second kappa shape index (κ2) is 7.64. The molecule has 0 spiro atoms. The Balaban J connectivity index is 4.86. The van der Waals surface area contributed by atoms with E-state index in [2.05, 4.69) is 26.1 Å². The molecule has 0 aromatic carbocycles. The highest BCUT2D eigenvalue weighted by Crippen LogP contribution is 2.28. The highest BCUT2D eigenvalue weighted by Gasteiger charge is 2.40. The molecule has 0 atom stereocenters. The first-order chi connectivity index (χ1) is 8.72. The van der Waals surface area contributed by atoms with Gasteiger partial charge in [0.05, 0.1) is 8.07 Å². The van der Waals surface area contributed by atoms with Crippen molar-refractivity contribution in [2.75, 3.05) is 0 Å². The minimum absolute atomic E-state index is 0.380. The first kappa shape index (κ1) is 18.1. The Morgan fingerprint density at radius 1 is 1.05 bits per heavy atom. The van der Waals surface area contributed by atoms with Crippen LogP contribution in [0.15, 0.2) is 12.3 Å². The molecule has 0 aliphatic heterocycles. The fraction of sp³-hybridized carbons (Fsp3) is 0.692. The van der Waals surface area contributed by atoms with Crippen molar-refractivity contribution in [3.63, 3.8) is 0 Å². The van der Waals surface area contributed by atoms with Gasteiger partial charge < -0.3 is 8.85 Å². The quantitative estimate of drug-likeness (QED) is 0.645. The van der Waals surface area contributed by atoms with Crippen molar-refractivity contribution >= 4 is 28.6 Å². The van der Waals surface area contributed by atoms with E-state index in [-0.39, 0.29) is 11.9 Å². The molecule has 0 saturated carbocycles. The summed E-state index contributed by atoms with van der Waals surface area (Å²) in [5.41, 5.74) is 2.10. The molecule has 0 amide bonds. The lowest BCUT2D eigenvalue weighted by molar-refractivity contribution is -0.138. The summed E-state index contributed by atoms with van der Waals surface area (Å²) >= 11 is 0. The molecule has 4 nitrogen and oxygen atoms in total. The highest BCUT2D eigenvalue weighted by atomic mass is 28.4. The summed E-state index contributed by atoms with van der Waals surface area (Å²) in [7, 11) is -4.26. The monoisotopic (exact) mass is 302 g/mol. The molecule has 0 bridgehead atoms. The van der Waals surface area contributed by atoms with Crippen LogP contribution < -0.4 is 0 Å². The van der Waals surface area contributed by atoms with Crippen molar-refractivity contribution in [3.05, 3.63) is 12.3 Å². The van der Waals surface area contributed by atoms with Gasteiger partial charge in [0.25, 0.3) is 11.9 Å². The number of rotatable bonds is 8. The Morgan fingerprint density at radius 3 is 1.74 bits per heavy atom. The summed E-state index contributed by atoms with van der Waals surface area (Å²) in [6, 6.07) is 3.83. The van der Waals surface area contributed by atoms with Gasteiger partial charge in [-0.3, -0.25) is 9.59 Å². The van der Waals surface area contributed by atoms with Crippen molar-refractivity contribution in [3.8, 4) is 0 Å². The predicted molar refractivity (Wildman–Crippen MR) is 81.7 cm³/mol. The lowest BCUT2D eigenvalue weighted by Crippen LogP contribution is -2.44. The maximum absolute atomic E-state index is 11.2. The van der Waals surface area contributed by atoms with Crippen LogP contribution in [0.3, 0.4) is 0 Å². The van der Waals surface area contributed by atoms with Gasteiger partial charge in [-0.15, -0.1) is 12.3 Å². The maximum atomic E-state index is 11.2. The third kappa shape index (κ3) is 6.20. The van der Waals surface area contributed by atoms with Crippen molar-refractivity contribution < 1.29 is 18.4 Å². The van der Waals surface area contributed by atoms with Gasteiger partial charge in [-0.25, -0.2) is 0 Å². The van der Waals surface area contributed by atoms with E-state index in [1.165, 1.54) is 13.8 Å². The zero-order chi connectivity index (χ0) is 15.1. The van der Waals surface area contributed by atoms with Crippen molar-refractivity contribution in [2.45, 2.75) is 58.4 Å². The second-order valence-corrected chi connectivity index (χ2v) is 13.3. The Labute approximate surface area is 118 Å². The Kier molecular flexibility index (Phi) is 7.29. The zero-order valence-corrected chi connectivity index (χ0v) is 14.7. The van der Waals surface area contributed by atoms with Crippen molar-refractivity contribution in [1.29, 1.82) is 0 Å². The topological polar surface area (TPSA) is 52.6 Å². The van der Waals surface area contributed by atoms with Crippen LogP contribution in [0, 0.1) is 0 Å². The van der Waals surface area contributed by atoms with Crippen LogP contribution in [0.25, 0.3) is 0 Å². The van der Waals surface area contributed by atoms with Gasteiger partial charge in [-0.05, 0) is 6.04 Å². The van der Waals surface area contributed by atoms with Gasteiger partial charge in [-0.1, -0.05) is 25.9 Å². The second-order valence-electron chi connectivity index (χ2n) is 5.09. The Bertz CT molecular complexity index is 322. The lowest BCUT2D eigenvalue weighted by atomic mass is 10.9. The van der Waals surface area contributed by atoms with E-state index in [9.17, 15) is 9.59 Å². The average molecular weight is 303 g/mol. The number of hydrogen-bond acceptors (Lipinski definition) is 4. The molecule has 0 aromatic heterocycles. The standard InChI is InChI=1S/C13H26O4Si2/c1-7-19(8-2,9-3)11-10-18(6,16-12(4)14)17-13(5)15/h7H,1,8-11H2,2-6H3. The normalized spacial score (nSPS) is 11.8. The van der Waals surface area contributed by atoms with E-state index in [4.69, 9.17) is 8.85 Å². The van der Waals surface area contributed by atoms with E-state index in [1.54, 1.807) is 6.55 Å². The van der Waals surface area contributed by atoms with Crippen molar-refractivity contribution in [2.24, 2.45) is 0 Å². The smallest absolute Gasteiger partial charge is 0.460 e. The van der Waals surface area contributed by atoms with Crippen LogP contribution in [-0.2, 0) is 18.4 Å². The first-order valence-corrected chi connectivity index (χ1v) is 12.0. The summed E-state index contributed by atoms with van der Waals surface area (Å²) in [5, 5.41) is 0. The number of carbonyl (C=O) groups excluding carboxylic acids is 2. The molecule has 0 saturated heterocycles. The molecular formula is C13H26O4Si2. The maximum Gasteiger partial charge on any atom is 0.460 e. The van der Waals surface area contributed by atoms with Crippen LogP contribution in [0.4, 0.5) is 0 Å². The molecule has 110 valence electrons. The Hall–Kier alpha value is -0.886. The molecule has 0 aliphatic rings. The van der Waals surface area contributed by atoms with Crippen LogP contribution in [-0.4, -0.2) is 28.6 Å². The first-order valence-electron chi connectivity index (χ1n) is 6.75. The fourth-order valence-electron chi connectivity index (χ4n) is 2.20. The van der Waals surface area contributed by atoms with Gasteiger partial charge in [0, 0.05) is 26.4 Å². The highest BCUT2D eigenvalue weighted by molar-refractivity contribution is 6.85. The molecule has 19 heavy (non-hydrogen) atoms. The van der Waals surface area contributed by atoms with Gasteiger partial charge in [0.2, 0.25) is 0 Å². The van der Waals surface area contributed by atoms with E-state index < -0.39 is 16.6 Å². The van der Waals surface area contributed by atoms with Crippen molar-refractivity contribution in [1.82, 2.24) is 0 Å². The molecule has 0 unspecified atom stereocenters. The summed E-state index contributed by atoms with van der Waals surface area (Å²) < 4.78 is 10.6. The van der Waals surface area contributed by atoms with Gasteiger partial charge >= 0.3 is 8.56 Å². The zero-order valence-electron chi connectivity index (χ0n) is 12.7. The van der Waals surface area contributed by atoms with E-state index in [0.717, 1.165) is 18.1 Å². The lowest BCUT2D eigenvalue weighted by Gasteiger charge is -2.30. The average Bonchev–Trinajstić information content (AvgIpc) is 2.29. The largest absolute Gasteiger partial charge is 0.485 e. The predicted octanol–water partition coefficient (Wildman–Crippen LogP) is 3.40. The molecule has 0 N–H and O–H groups in total. The minimum Gasteiger partial charge on any atom is -0.485 e. The number of hydrogen-bond donors (Lipinski definition) is 0. The Morgan fingerprint density at radius 2 is 1.47 bits per heavy atom. The summed E-state index contributed by atoms with van der Waals surface area (Å²) in [6.07, 6.45) is 0. The van der Waals surface area contributed by atoms with Crippen LogP contribution in [0.2, 0.25) is 30.7 Å². The third-order valence-corrected chi connectivity index (χ3v) is 11.7. The molecule has 0 rings (SSSR count). The fourth-order valence-corrected chi connectivity index (χ4v) is 9.46. The molecule has 0 heterocycles. The molecule has 6 heteroatoms. The van der Waals surface area contributed by atoms with Crippen LogP contribution in [0.5, 0.6) is 0 Å². The number of carbonyl (C=O) groups is 2. The molecule has 0 radical (unpaired) electrons. The van der Waals surface area contributed by atoms with E-state index >= 15 is 0 Å². The molecule has 0 aromatic rings. The molecular weight excluding hydrogens is 276 g/mol. The van der Waals surface area contributed by atoms with Gasteiger partial charge in [0.1, 0.15) is 0 Å². The summed E-state index contributed by atoms with van der Waals surface area (Å²) in [6.45, 7) is 12.8. The molecule has 0 fully saturated rings. The summed E-state index contributed by atoms with van der Waals surface area (Å²) in [4.78, 5) is 22.4.